The summed E-state index contributed by atoms with van der Waals surface area (Å²) < 4.78 is 24.8. The molecule has 0 radical (unpaired) electrons. The minimum absolute atomic E-state index is 0.230. The number of aryl methyl sites for hydroxylation is 1. The molecule has 0 bridgehead atoms. The van der Waals surface area contributed by atoms with Crippen LogP contribution in [0.4, 0.5) is 4.39 Å². The van der Waals surface area contributed by atoms with Crippen LogP contribution in [0.2, 0.25) is 0 Å². The first kappa shape index (κ1) is 12.9. The topological polar surface area (TPSA) is 44.5 Å². The van der Waals surface area contributed by atoms with Gasteiger partial charge in [0.05, 0.1) is 6.04 Å². The Bertz CT molecular complexity index is 630. The first-order valence-corrected chi connectivity index (χ1v) is 6.55. The standard InChI is InChI=1S/C16H16FNO2/c1-10-8-11(6-7-12(10)17)16(18)15-9-19-13-4-2-3-5-14(13)20-15/h2-8,15-16H,9,18H2,1H3. The average Bonchev–Trinajstić information content (AvgIpc) is 2.49. The number of halogens is 1. The lowest BCUT2D eigenvalue weighted by Gasteiger charge is -2.30. The molecule has 0 fully saturated rings. The van der Waals surface area contributed by atoms with E-state index in [1.165, 1.54) is 6.07 Å². The molecular weight excluding hydrogens is 257 g/mol. The van der Waals surface area contributed by atoms with Crippen LogP contribution in [-0.4, -0.2) is 12.7 Å². The van der Waals surface area contributed by atoms with Gasteiger partial charge in [0.15, 0.2) is 17.6 Å². The van der Waals surface area contributed by atoms with Gasteiger partial charge in [0.25, 0.3) is 0 Å². The number of hydrogen-bond acceptors (Lipinski definition) is 3. The molecule has 2 aromatic carbocycles. The highest BCUT2D eigenvalue weighted by Gasteiger charge is 2.27. The Morgan fingerprint density at radius 2 is 1.95 bits per heavy atom. The molecule has 0 aliphatic carbocycles. The largest absolute Gasteiger partial charge is 0.486 e. The summed E-state index contributed by atoms with van der Waals surface area (Å²) in [5.74, 6) is 1.19. The SMILES string of the molecule is Cc1cc(C(N)C2COc3ccccc3O2)ccc1F. The Balaban J connectivity index is 1.82. The number of ether oxygens (including phenoxy) is 2. The van der Waals surface area contributed by atoms with E-state index >= 15 is 0 Å². The van der Waals surface area contributed by atoms with Crippen molar-refractivity contribution in [2.24, 2.45) is 5.73 Å². The fourth-order valence-corrected chi connectivity index (χ4v) is 2.30. The van der Waals surface area contributed by atoms with E-state index in [0.717, 1.165) is 11.3 Å². The molecule has 1 aliphatic rings. The summed E-state index contributed by atoms with van der Waals surface area (Å²) in [5, 5.41) is 0. The van der Waals surface area contributed by atoms with Gasteiger partial charge in [-0.25, -0.2) is 4.39 Å². The third-order valence-corrected chi connectivity index (χ3v) is 3.50. The van der Waals surface area contributed by atoms with Gasteiger partial charge in [-0.2, -0.15) is 0 Å². The second-order valence-electron chi connectivity index (χ2n) is 4.95. The molecule has 1 heterocycles. The summed E-state index contributed by atoms with van der Waals surface area (Å²) in [4.78, 5) is 0. The highest BCUT2D eigenvalue weighted by molar-refractivity contribution is 5.41. The summed E-state index contributed by atoms with van der Waals surface area (Å²) in [6, 6.07) is 12.0. The molecule has 2 atom stereocenters. The molecule has 3 rings (SSSR count). The predicted octanol–water partition coefficient (Wildman–Crippen LogP) is 2.97. The van der Waals surface area contributed by atoms with E-state index < -0.39 is 0 Å². The monoisotopic (exact) mass is 273 g/mol. The lowest BCUT2D eigenvalue weighted by atomic mass is 10.00. The summed E-state index contributed by atoms with van der Waals surface area (Å²) in [5.41, 5.74) is 7.64. The second kappa shape index (κ2) is 5.13. The predicted molar refractivity (Wildman–Crippen MR) is 74.4 cm³/mol. The van der Waals surface area contributed by atoms with Crippen molar-refractivity contribution in [3.8, 4) is 11.5 Å². The molecule has 3 nitrogen and oxygen atoms in total. The fraction of sp³-hybridized carbons (Fsp3) is 0.250. The molecule has 2 unspecified atom stereocenters. The van der Waals surface area contributed by atoms with Gasteiger partial charge in [-0.3, -0.25) is 0 Å². The van der Waals surface area contributed by atoms with Crippen LogP contribution < -0.4 is 15.2 Å². The summed E-state index contributed by atoms with van der Waals surface area (Å²) in [6.45, 7) is 2.10. The minimum atomic E-state index is -0.359. The maximum atomic E-state index is 13.3. The molecular formula is C16H16FNO2. The molecule has 1 aliphatic heterocycles. The Morgan fingerprint density at radius 3 is 2.70 bits per heavy atom. The highest BCUT2D eigenvalue weighted by Crippen LogP contribution is 2.33. The van der Waals surface area contributed by atoms with Crippen molar-refractivity contribution in [2.45, 2.75) is 19.1 Å². The Kier molecular flexibility index (Phi) is 3.32. The summed E-state index contributed by atoms with van der Waals surface area (Å²) >= 11 is 0. The molecule has 0 spiro atoms. The van der Waals surface area contributed by atoms with E-state index in [1.807, 2.05) is 24.3 Å². The number of fused-ring (bicyclic) bond motifs is 1. The molecule has 2 aromatic rings. The molecule has 4 heteroatoms. The van der Waals surface area contributed by atoms with Gasteiger partial charge < -0.3 is 15.2 Å². The lowest BCUT2D eigenvalue weighted by molar-refractivity contribution is 0.0721. The second-order valence-corrected chi connectivity index (χ2v) is 4.95. The molecule has 0 aromatic heterocycles. The van der Waals surface area contributed by atoms with Gasteiger partial charge in [-0.15, -0.1) is 0 Å². The van der Waals surface area contributed by atoms with Gasteiger partial charge in [0.1, 0.15) is 12.4 Å². The van der Waals surface area contributed by atoms with Crippen LogP contribution in [0.3, 0.4) is 0 Å². The lowest BCUT2D eigenvalue weighted by Crippen LogP contribution is -2.39. The zero-order valence-electron chi connectivity index (χ0n) is 11.2. The number of rotatable bonds is 2. The highest BCUT2D eigenvalue weighted by atomic mass is 19.1. The van der Waals surface area contributed by atoms with Crippen molar-refractivity contribution >= 4 is 0 Å². The molecule has 20 heavy (non-hydrogen) atoms. The van der Waals surface area contributed by atoms with Crippen molar-refractivity contribution in [3.05, 3.63) is 59.4 Å². The molecule has 2 N–H and O–H groups in total. The van der Waals surface area contributed by atoms with Crippen LogP contribution in [0.1, 0.15) is 17.2 Å². The van der Waals surface area contributed by atoms with Gasteiger partial charge in [0.2, 0.25) is 0 Å². The number of nitrogens with two attached hydrogens (primary N) is 1. The first-order valence-electron chi connectivity index (χ1n) is 6.55. The number of benzene rings is 2. The zero-order valence-corrected chi connectivity index (χ0v) is 11.2. The van der Waals surface area contributed by atoms with Crippen LogP contribution in [0.15, 0.2) is 42.5 Å². The third-order valence-electron chi connectivity index (χ3n) is 3.50. The molecule has 0 saturated carbocycles. The Morgan fingerprint density at radius 1 is 1.20 bits per heavy atom. The van der Waals surface area contributed by atoms with E-state index in [0.29, 0.717) is 17.9 Å². The quantitative estimate of drug-likeness (QED) is 0.915. The maximum Gasteiger partial charge on any atom is 0.161 e. The smallest absolute Gasteiger partial charge is 0.161 e. The Hall–Kier alpha value is -2.07. The average molecular weight is 273 g/mol. The van der Waals surface area contributed by atoms with E-state index in [9.17, 15) is 4.39 Å². The molecule has 0 amide bonds. The van der Waals surface area contributed by atoms with Gasteiger partial charge in [-0.1, -0.05) is 24.3 Å². The summed E-state index contributed by atoms with van der Waals surface area (Å²) in [6.07, 6.45) is -0.283. The van der Waals surface area contributed by atoms with Gasteiger partial charge in [-0.05, 0) is 36.2 Å². The van der Waals surface area contributed by atoms with Crippen molar-refractivity contribution in [1.82, 2.24) is 0 Å². The zero-order chi connectivity index (χ0) is 14.1. The van der Waals surface area contributed by atoms with E-state index in [1.54, 1.807) is 19.1 Å². The minimum Gasteiger partial charge on any atom is -0.486 e. The van der Waals surface area contributed by atoms with Gasteiger partial charge in [0, 0.05) is 0 Å². The normalized spacial score (nSPS) is 18.6. The van der Waals surface area contributed by atoms with Crippen LogP contribution in [0, 0.1) is 12.7 Å². The van der Waals surface area contributed by atoms with Crippen molar-refractivity contribution in [1.29, 1.82) is 0 Å². The van der Waals surface area contributed by atoms with Crippen LogP contribution >= 0.6 is 0 Å². The molecule has 104 valence electrons. The fourth-order valence-electron chi connectivity index (χ4n) is 2.30. The van der Waals surface area contributed by atoms with Gasteiger partial charge >= 0.3 is 0 Å². The number of hydrogen-bond donors (Lipinski definition) is 1. The van der Waals surface area contributed by atoms with E-state index in [4.69, 9.17) is 15.2 Å². The van der Waals surface area contributed by atoms with Crippen LogP contribution in [-0.2, 0) is 0 Å². The number of para-hydroxylation sites is 2. The Labute approximate surface area is 117 Å². The molecule has 0 saturated heterocycles. The van der Waals surface area contributed by atoms with Crippen molar-refractivity contribution < 1.29 is 13.9 Å². The summed E-state index contributed by atoms with van der Waals surface area (Å²) in [7, 11) is 0. The van der Waals surface area contributed by atoms with Crippen LogP contribution in [0.5, 0.6) is 11.5 Å². The van der Waals surface area contributed by atoms with E-state index in [2.05, 4.69) is 0 Å². The van der Waals surface area contributed by atoms with Crippen molar-refractivity contribution in [3.63, 3.8) is 0 Å². The van der Waals surface area contributed by atoms with Crippen LogP contribution in [0.25, 0.3) is 0 Å². The first-order chi connectivity index (χ1) is 9.65. The van der Waals surface area contributed by atoms with Crippen molar-refractivity contribution in [2.75, 3.05) is 6.61 Å². The van der Waals surface area contributed by atoms with E-state index in [-0.39, 0.29) is 18.0 Å². The third kappa shape index (κ3) is 2.34. The maximum absolute atomic E-state index is 13.3.